The Hall–Kier alpha value is -2.04. The van der Waals surface area contributed by atoms with Crippen molar-refractivity contribution in [2.45, 2.75) is 45.1 Å². The van der Waals surface area contributed by atoms with Gasteiger partial charge in [0.2, 0.25) is 5.76 Å². The summed E-state index contributed by atoms with van der Waals surface area (Å²) >= 11 is 0. The topological polar surface area (TPSA) is 51.7 Å². The van der Waals surface area contributed by atoms with Gasteiger partial charge in [-0.2, -0.15) is 0 Å². The zero-order valence-corrected chi connectivity index (χ0v) is 13.7. The summed E-state index contributed by atoms with van der Waals surface area (Å²) in [5, 5.41) is 0. The molecule has 5 heteroatoms. The Kier molecular flexibility index (Phi) is 5.16. The number of likely N-dealkylation sites (tertiary alicyclic amines) is 1. The van der Waals surface area contributed by atoms with Crippen molar-refractivity contribution in [2.75, 3.05) is 19.8 Å². The van der Waals surface area contributed by atoms with Gasteiger partial charge in [0.15, 0.2) is 0 Å². The third-order valence-electron chi connectivity index (χ3n) is 4.51. The zero-order chi connectivity index (χ0) is 16.1. The van der Waals surface area contributed by atoms with E-state index in [2.05, 4.69) is 4.98 Å². The summed E-state index contributed by atoms with van der Waals surface area (Å²) in [6, 6.07) is 6.23. The maximum atomic E-state index is 12.8. The highest BCUT2D eigenvalue weighted by atomic mass is 16.6. The number of amides is 1. The Morgan fingerprint density at radius 2 is 2.17 bits per heavy atom. The highest BCUT2D eigenvalue weighted by Gasteiger charge is 2.31. The van der Waals surface area contributed by atoms with Crippen LogP contribution in [0.5, 0.6) is 0 Å². The first-order valence-electron chi connectivity index (χ1n) is 8.43. The van der Waals surface area contributed by atoms with Crippen LogP contribution in [0.3, 0.4) is 0 Å². The Bertz CT molecular complexity index is 571. The van der Waals surface area contributed by atoms with Crippen LogP contribution < -0.4 is 0 Å². The molecule has 1 saturated heterocycles. The SMILES string of the molecule is CC1=C(C(=O)N2CCCCC2CCc2ccccn2)OCCO1. The van der Waals surface area contributed by atoms with E-state index in [1.54, 1.807) is 6.92 Å². The molecule has 1 amide bonds. The summed E-state index contributed by atoms with van der Waals surface area (Å²) in [5.41, 5.74) is 1.08. The van der Waals surface area contributed by atoms with Crippen molar-refractivity contribution in [3.63, 3.8) is 0 Å². The molecule has 0 aromatic carbocycles. The lowest BCUT2D eigenvalue weighted by molar-refractivity contribution is -0.136. The number of ether oxygens (including phenoxy) is 2. The number of nitrogens with zero attached hydrogens (tertiary/aromatic N) is 2. The number of hydrogen-bond acceptors (Lipinski definition) is 4. The molecule has 0 radical (unpaired) electrons. The first-order chi connectivity index (χ1) is 11.3. The van der Waals surface area contributed by atoms with Crippen molar-refractivity contribution in [2.24, 2.45) is 0 Å². The molecule has 5 nitrogen and oxygen atoms in total. The predicted octanol–water partition coefficient (Wildman–Crippen LogP) is 2.67. The number of carbonyl (C=O) groups excluding carboxylic acids is 1. The smallest absolute Gasteiger partial charge is 0.292 e. The number of hydrogen-bond donors (Lipinski definition) is 0. The Labute approximate surface area is 137 Å². The number of aryl methyl sites for hydroxylation is 1. The van der Waals surface area contributed by atoms with Gasteiger partial charge in [0, 0.05) is 24.5 Å². The van der Waals surface area contributed by atoms with E-state index < -0.39 is 0 Å². The molecule has 2 aliphatic rings. The predicted molar refractivity (Wildman–Crippen MR) is 86.5 cm³/mol. The molecule has 2 aliphatic heterocycles. The highest BCUT2D eigenvalue weighted by molar-refractivity contribution is 5.92. The second kappa shape index (κ2) is 7.49. The van der Waals surface area contributed by atoms with Gasteiger partial charge in [-0.1, -0.05) is 6.07 Å². The summed E-state index contributed by atoms with van der Waals surface area (Å²) in [4.78, 5) is 19.2. The lowest BCUT2D eigenvalue weighted by Crippen LogP contribution is -2.45. The third kappa shape index (κ3) is 3.84. The van der Waals surface area contributed by atoms with Crippen LogP contribution in [0.1, 0.15) is 38.3 Å². The molecule has 3 heterocycles. The molecule has 1 fully saturated rings. The van der Waals surface area contributed by atoms with Crippen molar-refractivity contribution in [3.05, 3.63) is 41.6 Å². The molecule has 0 saturated carbocycles. The highest BCUT2D eigenvalue weighted by Crippen LogP contribution is 2.25. The summed E-state index contributed by atoms with van der Waals surface area (Å²) in [6.07, 6.45) is 6.93. The molecule has 124 valence electrons. The van der Waals surface area contributed by atoms with Crippen LogP contribution in [0.2, 0.25) is 0 Å². The van der Waals surface area contributed by atoms with E-state index in [4.69, 9.17) is 9.47 Å². The Morgan fingerprint density at radius 3 is 2.96 bits per heavy atom. The number of carbonyl (C=O) groups is 1. The van der Waals surface area contributed by atoms with Crippen molar-refractivity contribution >= 4 is 5.91 Å². The van der Waals surface area contributed by atoms with Gasteiger partial charge in [0.25, 0.3) is 5.91 Å². The van der Waals surface area contributed by atoms with Crippen molar-refractivity contribution in [1.82, 2.24) is 9.88 Å². The van der Waals surface area contributed by atoms with Crippen LogP contribution in [0.15, 0.2) is 35.9 Å². The number of rotatable bonds is 4. The number of allylic oxidation sites excluding steroid dienone is 1. The van der Waals surface area contributed by atoms with Gasteiger partial charge in [-0.3, -0.25) is 9.78 Å². The van der Waals surface area contributed by atoms with Gasteiger partial charge >= 0.3 is 0 Å². The average Bonchev–Trinajstić information content (AvgIpc) is 2.61. The Balaban J connectivity index is 1.67. The molecule has 3 rings (SSSR count). The minimum Gasteiger partial charge on any atom is -0.491 e. The minimum absolute atomic E-state index is 0.0204. The lowest BCUT2D eigenvalue weighted by Gasteiger charge is -2.36. The Morgan fingerprint density at radius 1 is 1.30 bits per heavy atom. The van der Waals surface area contributed by atoms with E-state index >= 15 is 0 Å². The van der Waals surface area contributed by atoms with E-state index in [1.165, 1.54) is 6.42 Å². The van der Waals surface area contributed by atoms with Crippen LogP contribution in [-0.4, -0.2) is 41.6 Å². The maximum Gasteiger partial charge on any atom is 0.292 e. The van der Waals surface area contributed by atoms with E-state index in [-0.39, 0.29) is 11.9 Å². The molecule has 1 aromatic rings. The van der Waals surface area contributed by atoms with Crippen molar-refractivity contribution in [3.8, 4) is 0 Å². The lowest BCUT2D eigenvalue weighted by atomic mass is 9.96. The van der Waals surface area contributed by atoms with Crippen molar-refractivity contribution in [1.29, 1.82) is 0 Å². The molecule has 0 aliphatic carbocycles. The van der Waals surface area contributed by atoms with Gasteiger partial charge in [-0.05, 0) is 51.2 Å². The zero-order valence-electron chi connectivity index (χ0n) is 13.7. The van der Waals surface area contributed by atoms with Crippen LogP contribution in [0.25, 0.3) is 0 Å². The normalized spacial score (nSPS) is 21.6. The number of pyridine rings is 1. The molecule has 0 spiro atoms. The van der Waals surface area contributed by atoms with Gasteiger partial charge in [0.1, 0.15) is 19.0 Å². The number of aromatic nitrogens is 1. The van der Waals surface area contributed by atoms with E-state index in [9.17, 15) is 4.79 Å². The maximum absolute atomic E-state index is 12.8. The summed E-state index contributed by atoms with van der Waals surface area (Å²) in [6.45, 7) is 3.57. The van der Waals surface area contributed by atoms with E-state index in [1.807, 2.05) is 29.3 Å². The molecular formula is C18H24N2O3. The van der Waals surface area contributed by atoms with Crippen LogP contribution >= 0.6 is 0 Å². The van der Waals surface area contributed by atoms with E-state index in [0.717, 1.165) is 37.9 Å². The van der Waals surface area contributed by atoms with Crippen LogP contribution in [-0.2, 0) is 20.7 Å². The van der Waals surface area contributed by atoms with Gasteiger partial charge in [-0.25, -0.2) is 0 Å². The van der Waals surface area contributed by atoms with Crippen LogP contribution in [0.4, 0.5) is 0 Å². The molecule has 1 unspecified atom stereocenters. The second-order valence-corrected chi connectivity index (χ2v) is 6.09. The molecule has 0 bridgehead atoms. The number of piperidine rings is 1. The third-order valence-corrected chi connectivity index (χ3v) is 4.51. The van der Waals surface area contributed by atoms with Crippen molar-refractivity contribution < 1.29 is 14.3 Å². The quantitative estimate of drug-likeness (QED) is 0.857. The van der Waals surface area contributed by atoms with Gasteiger partial charge in [0.05, 0.1) is 0 Å². The molecular weight excluding hydrogens is 292 g/mol. The monoisotopic (exact) mass is 316 g/mol. The minimum atomic E-state index is -0.0204. The fraction of sp³-hybridized carbons (Fsp3) is 0.556. The van der Waals surface area contributed by atoms with E-state index in [0.29, 0.717) is 24.7 Å². The summed E-state index contributed by atoms with van der Waals surface area (Å²) in [7, 11) is 0. The summed E-state index contributed by atoms with van der Waals surface area (Å²) < 4.78 is 11.0. The largest absolute Gasteiger partial charge is 0.491 e. The summed E-state index contributed by atoms with van der Waals surface area (Å²) in [5.74, 6) is 0.976. The van der Waals surface area contributed by atoms with Gasteiger partial charge in [-0.15, -0.1) is 0 Å². The molecule has 1 atom stereocenters. The fourth-order valence-electron chi connectivity index (χ4n) is 3.28. The molecule has 1 aromatic heterocycles. The van der Waals surface area contributed by atoms with Crippen LogP contribution in [0, 0.1) is 0 Å². The fourth-order valence-corrected chi connectivity index (χ4v) is 3.28. The first-order valence-corrected chi connectivity index (χ1v) is 8.43. The average molecular weight is 316 g/mol. The standard InChI is InChI=1S/C18H24N2O3/c1-14-17(23-13-12-22-14)18(21)20-11-5-3-7-16(20)9-8-15-6-2-4-10-19-15/h2,4,6,10,16H,3,5,7-9,11-13H2,1H3. The molecule has 0 N–H and O–H groups in total. The molecule has 23 heavy (non-hydrogen) atoms. The first kappa shape index (κ1) is 15.8. The second-order valence-electron chi connectivity index (χ2n) is 6.09. The van der Waals surface area contributed by atoms with Gasteiger partial charge < -0.3 is 14.4 Å².